The number of thioether (sulfide) groups is 1. The third-order valence-corrected chi connectivity index (χ3v) is 4.41. The average molecular weight is 303 g/mol. The van der Waals surface area contributed by atoms with Crippen molar-refractivity contribution in [2.75, 3.05) is 37.0 Å². The molecule has 0 bridgehead atoms. The Hall–Kier alpha value is -0.590. The number of halogens is 1. The first-order chi connectivity index (χ1) is 9.19. The number of morpholine rings is 1. The second-order valence-electron chi connectivity index (χ2n) is 4.61. The van der Waals surface area contributed by atoms with Crippen molar-refractivity contribution in [3.63, 3.8) is 0 Å². The second-order valence-corrected chi connectivity index (χ2v) is 5.94. The number of hydrogen-bond acceptors (Lipinski definition) is 6. The van der Waals surface area contributed by atoms with E-state index in [1.165, 1.54) is 0 Å². The number of hydrogen-bond donors (Lipinski definition) is 0. The first-order valence-corrected chi connectivity index (χ1v) is 7.92. The molecule has 1 aromatic heterocycles. The lowest BCUT2D eigenvalue weighted by molar-refractivity contribution is 0.122. The molecule has 7 heteroatoms. The van der Waals surface area contributed by atoms with Crippen LogP contribution >= 0.6 is 23.4 Å². The van der Waals surface area contributed by atoms with Crippen molar-refractivity contribution in [1.29, 1.82) is 0 Å². The van der Waals surface area contributed by atoms with E-state index in [1.54, 1.807) is 11.8 Å². The molecule has 2 heterocycles. The fourth-order valence-corrected chi connectivity index (χ4v) is 2.80. The third-order valence-electron chi connectivity index (χ3n) is 3.06. The third kappa shape index (κ3) is 4.47. The number of rotatable bonds is 5. The highest BCUT2D eigenvalue weighted by Gasteiger charge is 2.16. The van der Waals surface area contributed by atoms with E-state index < -0.39 is 0 Å². The van der Waals surface area contributed by atoms with Gasteiger partial charge in [0.1, 0.15) is 0 Å². The van der Waals surface area contributed by atoms with E-state index in [9.17, 15) is 0 Å². The fraction of sp³-hybridized carbons (Fsp3) is 0.750. The van der Waals surface area contributed by atoms with Gasteiger partial charge in [0, 0.05) is 18.8 Å². The molecular weight excluding hydrogens is 284 g/mol. The summed E-state index contributed by atoms with van der Waals surface area (Å²) >= 11 is 7.63. The number of ether oxygens (including phenoxy) is 1. The summed E-state index contributed by atoms with van der Waals surface area (Å²) in [5, 5.41) is 0.977. The Morgan fingerprint density at radius 1 is 1.32 bits per heavy atom. The smallest absolute Gasteiger partial charge is 0.230 e. The minimum absolute atomic E-state index is 0.267. The number of nitrogens with zero attached hydrogens (tertiary/aromatic N) is 4. The zero-order valence-electron chi connectivity index (χ0n) is 11.3. The highest BCUT2D eigenvalue weighted by molar-refractivity contribution is 7.99. The van der Waals surface area contributed by atoms with Crippen LogP contribution in [-0.2, 0) is 4.74 Å². The standard InChI is InChI=1S/C12H19ClN4OS/c1-3-9(2)8-19-12-15-10(13)14-11(16-12)17-4-6-18-7-5-17/h9H,3-8H2,1-2H3. The van der Waals surface area contributed by atoms with E-state index in [0.29, 0.717) is 30.2 Å². The summed E-state index contributed by atoms with van der Waals surface area (Å²) in [6.07, 6.45) is 1.15. The molecule has 1 atom stereocenters. The minimum Gasteiger partial charge on any atom is -0.378 e. The monoisotopic (exact) mass is 302 g/mol. The van der Waals surface area contributed by atoms with Crippen molar-refractivity contribution in [2.24, 2.45) is 5.92 Å². The van der Waals surface area contributed by atoms with E-state index in [4.69, 9.17) is 16.3 Å². The summed E-state index contributed by atoms with van der Waals surface area (Å²) in [4.78, 5) is 15.0. The molecule has 0 saturated carbocycles. The zero-order chi connectivity index (χ0) is 13.7. The van der Waals surface area contributed by atoms with Crippen molar-refractivity contribution in [3.8, 4) is 0 Å². The molecule has 0 amide bonds. The first kappa shape index (κ1) is 14.8. The molecule has 0 spiro atoms. The van der Waals surface area contributed by atoms with Gasteiger partial charge in [-0.05, 0) is 17.5 Å². The Kier molecular flexibility index (Phi) is 5.66. The average Bonchev–Trinajstić information content (AvgIpc) is 2.45. The van der Waals surface area contributed by atoms with Crippen LogP contribution in [0.2, 0.25) is 5.28 Å². The van der Waals surface area contributed by atoms with Crippen LogP contribution in [0, 0.1) is 5.92 Å². The molecule has 1 unspecified atom stereocenters. The molecule has 1 aliphatic rings. The highest BCUT2D eigenvalue weighted by Crippen LogP contribution is 2.22. The molecule has 0 aromatic carbocycles. The predicted molar refractivity (Wildman–Crippen MR) is 78.0 cm³/mol. The van der Waals surface area contributed by atoms with Gasteiger partial charge < -0.3 is 9.64 Å². The highest BCUT2D eigenvalue weighted by atomic mass is 35.5. The summed E-state index contributed by atoms with van der Waals surface area (Å²) < 4.78 is 5.32. The molecule has 106 valence electrons. The van der Waals surface area contributed by atoms with Gasteiger partial charge in [-0.3, -0.25) is 0 Å². The van der Waals surface area contributed by atoms with Crippen LogP contribution in [0.5, 0.6) is 0 Å². The molecule has 5 nitrogen and oxygen atoms in total. The SMILES string of the molecule is CCC(C)CSc1nc(Cl)nc(N2CCOCC2)n1. The molecule has 2 rings (SSSR count). The van der Waals surface area contributed by atoms with Crippen LogP contribution in [0.4, 0.5) is 5.95 Å². The van der Waals surface area contributed by atoms with Gasteiger partial charge in [0.25, 0.3) is 0 Å². The quantitative estimate of drug-likeness (QED) is 0.779. The molecule has 0 N–H and O–H groups in total. The maximum atomic E-state index is 5.98. The summed E-state index contributed by atoms with van der Waals surface area (Å²) in [5.74, 6) is 2.31. The van der Waals surface area contributed by atoms with Gasteiger partial charge in [0.05, 0.1) is 13.2 Å². The molecule has 19 heavy (non-hydrogen) atoms. The molecule has 0 aliphatic carbocycles. The van der Waals surface area contributed by atoms with Gasteiger partial charge in [-0.25, -0.2) is 0 Å². The minimum atomic E-state index is 0.267. The number of anilines is 1. The lowest BCUT2D eigenvalue weighted by Gasteiger charge is -2.26. The Morgan fingerprint density at radius 3 is 2.74 bits per heavy atom. The molecule has 1 aliphatic heterocycles. The van der Waals surface area contributed by atoms with Gasteiger partial charge in [-0.15, -0.1) is 0 Å². The van der Waals surface area contributed by atoms with Gasteiger partial charge in [-0.1, -0.05) is 32.0 Å². The van der Waals surface area contributed by atoms with E-state index >= 15 is 0 Å². The van der Waals surface area contributed by atoms with Gasteiger partial charge >= 0.3 is 0 Å². The summed E-state index contributed by atoms with van der Waals surface area (Å²) in [7, 11) is 0. The Bertz CT molecular complexity index is 415. The molecule has 1 saturated heterocycles. The summed E-state index contributed by atoms with van der Waals surface area (Å²) in [6, 6.07) is 0. The van der Waals surface area contributed by atoms with E-state index in [-0.39, 0.29) is 5.28 Å². The maximum absolute atomic E-state index is 5.98. The Morgan fingerprint density at radius 2 is 2.05 bits per heavy atom. The van der Waals surface area contributed by atoms with Crippen molar-refractivity contribution < 1.29 is 4.74 Å². The van der Waals surface area contributed by atoms with Crippen LogP contribution in [0.1, 0.15) is 20.3 Å². The van der Waals surface area contributed by atoms with Gasteiger partial charge in [0.2, 0.25) is 11.2 Å². The van der Waals surface area contributed by atoms with Gasteiger partial charge in [0.15, 0.2) is 5.16 Å². The van der Waals surface area contributed by atoms with Crippen LogP contribution in [0.25, 0.3) is 0 Å². The molecular formula is C12H19ClN4OS. The van der Waals surface area contributed by atoms with Crippen LogP contribution < -0.4 is 4.90 Å². The predicted octanol–water partition coefficient (Wildman–Crippen LogP) is 2.50. The second kappa shape index (κ2) is 7.26. The zero-order valence-corrected chi connectivity index (χ0v) is 12.9. The summed E-state index contributed by atoms with van der Waals surface area (Å²) in [5.41, 5.74) is 0. The first-order valence-electron chi connectivity index (χ1n) is 6.56. The largest absolute Gasteiger partial charge is 0.378 e. The van der Waals surface area contributed by atoms with Crippen molar-refractivity contribution in [2.45, 2.75) is 25.4 Å². The van der Waals surface area contributed by atoms with E-state index in [1.807, 2.05) is 0 Å². The summed E-state index contributed by atoms with van der Waals surface area (Å²) in [6.45, 7) is 7.42. The van der Waals surface area contributed by atoms with Crippen molar-refractivity contribution in [1.82, 2.24) is 15.0 Å². The van der Waals surface area contributed by atoms with Crippen molar-refractivity contribution >= 4 is 29.3 Å². The lowest BCUT2D eigenvalue weighted by Crippen LogP contribution is -2.37. The molecule has 1 aromatic rings. The molecule has 0 radical (unpaired) electrons. The Labute approximate surface area is 123 Å². The van der Waals surface area contributed by atoms with Crippen LogP contribution in [0.3, 0.4) is 0 Å². The topological polar surface area (TPSA) is 51.1 Å². The normalized spacial score (nSPS) is 17.5. The van der Waals surface area contributed by atoms with Crippen LogP contribution in [0.15, 0.2) is 5.16 Å². The van der Waals surface area contributed by atoms with E-state index in [2.05, 4.69) is 33.7 Å². The van der Waals surface area contributed by atoms with Gasteiger partial charge in [-0.2, -0.15) is 15.0 Å². The van der Waals surface area contributed by atoms with Crippen LogP contribution in [-0.4, -0.2) is 47.0 Å². The molecule has 1 fully saturated rings. The fourth-order valence-electron chi connectivity index (χ4n) is 1.63. The lowest BCUT2D eigenvalue weighted by atomic mass is 10.2. The van der Waals surface area contributed by atoms with E-state index in [0.717, 1.165) is 25.3 Å². The van der Waals surface area contributed by atoms with Crippen molar-refractivity contribution in [3.05, 3.63) is 5.28 Å². The Balaban J connectivity index is 2.05. The number of aromatic nitrogens is 3. The maximum Gasteiger partial charge on any atom is 0.230 e.